The summed E-state index contributed by atoms with van der Waals surface area (Å²) in [5.74, 6) is 0.580. The lowest BCUT2D eigenvalue weighted by Crippen LogP contribution is -2.31. The summed E-state index contributed by atoms with van der Waals surface area (Å²) >= 11 is 0. The van der Waals surface area contributed by atoms with Crippen LogP contribution < -0.4 is 5.32 Å². The minimum absolute atomic E-state index is 0.0821. The van der Waals surface area contributed by atoms with Crippen LogP contribution in [0.1, 0.15) is 24.5 Å². The van der Waals surface area contributed by atoms with Crippen molar-refractivity contribution in [2.75, 3.05) is 0 Å². The maximum absolute atomic E-state index is 12.0. The lowest BCUT2D eigenvalue weighted by atomic mass is 10.3. The monoisotopic (exact) mass is 284 g/mol. The second kappa shape index (κ2) is 5.35. The summed E-state index contributed by atoms with van der Waals surface area (Å²) in [7, 11) is 0. The molecule has 0 radical (unpaired) electrons. The molecule has 0 spiro atoms. The highest BCUT2D eigenvalue weighted by atomic mass is 16.2. The molecule has 21 heavy (non-hydrogen) atoms. The van der Waals surface area contributed by atoms with Crippen LogP contribution in [0.3, 0.4) is 0 Å². The predicted molar refractivity (Wildman–Crippen MR) is 77.4 cm³/mol. The number of aromatic amines is 1. The van der Waals surface area contributed by atoms with Crippen molar-refractivity contribution in [3.63, 3.8) is 0 Å². The molecule has 3 rings (SSSR count). The first-order valence-electron chi connectivity index (χ1n) is 6.72. The summed E-state index contributed by atoms with van der Waals surface area (Å²) in [5, 5.41) is 11.4. The van der Waals surface area contributed by atoms with Crippen molar-refractivity contribution in [3.05, 3.63) is 42.0 Å². The van der Waals surface area contributed by atoms with E-state index in [1.165, 1.54) is 4.80 Å². The molecule has 1 aromatic carbocycles. The van der Waals surface area contributed by atoms with Crippen LogP contribution in [-0.4, -0.2) is 30.9 Å². The average Bonchev–Trinajstić information content (AvgIpc) is 3.03. The van der Waals surface area contributed by atoms with E-state index in [1.807, 2.05) is 38.1 Å². The van der Waals surface area contributed by atoms with Gasteiger partial charge in [0.15, 0.2) is 0 Å². The summed E-state index contributed by atoms with van der Waals surface area (Å²) in [6, 6.07) is 7.33. The van der Waals surface area contributed by atoms with Gasteiger partial charge in [-0.1, -0.05) is 12.1 Å². The van der Waals surface area contributed by atoms with Crippen molar-refractivity contribution in [1.29, 1.82) is 0 Å². The first-order chi connectivity index (χ1) is 10.1. The van der Waals surface area contributed by atoms with Gasteiger partial charge < -0.3 is 10.3 Å². The Balaban J connectivity index is 1.66. The number of benzene rings is 1. The highest BCUT2D eigenvalue weighted by Crippen LogP contribution is 2.09. The van der Waals surface area contributed by atoms with Crippen LogP contribution in [0.25, 0.3) is 11.0 Å². The Morgan fingerprint density at radius 1 is 1.33 bits per heavy atom. The van der Waals surface area contributed by atoms with E-state index >= 15 is 0 Å². The summed E-state index contributed by atoms with van der Waals surface area (Å²) in [6.45, 7) is 3.88. The number of imidazole rings is 1. The van der Waals surface area contributed by atoms with Crippen LogP contribution >= 0.6 is 0 Å². The van der Waals surface area contributed by atoms with Crippen molar-refractivity contribution < 1.29 is 4.79 Å². The molecule has 0 saturated heterocycles. The van der Waals surface area contributed by atoms with E-state index in [0.717, 1.165) is 22.6 Å². The summed E-state index contributed by atoms with van der Waals surface area (Å²) in [6.07, 6.45) is 1.74. The number of amides is 1. The van der Waals surface area contributed by atoms with E-state index in [0.29, 0.717) is 0 Å². The number of aryl methyl sites for hydroxylation is 1. The van der Waals surface area contributed by atoms with Crippen molar-refractivity contribution in [2.24, 2.45) is 0 Å². The minimum Gasteiger partial charge on any atom is -0.345 e. The fourth-order valence-electron chi connectivity index (χ4n) is 2.11. The Labute approximate surface area is 121 Å². The number of hydrogen-bond donors (Lipinski definition) is 2. The van der Waals surface area contributed by atoms with Crippen molar-refractivity contribution in [3.8, 4) is 0 Å². The SMILES string of the molecule is Cc1cnc([C@H](C)NC(=O)Cn2nc3ccccc3n2)[nH]1. The highest BCUT2D eigenvalue weighted by Gasteiger charge is 2.13. The van der Waals surface area contributed by atoms with E-state index in [2.05, 4.69) is 25.5 Å². The third-order valence-electron chi connectivity index (χ3n) is 3.12. The third-order valence-corrected chi connectivity index (χ3v) is 3.12. The molecule has 0 fully saturated rings. The number of nitrogens with zero attached hydrogens (tertiary/aromatic N) is 4. The molecule has 2 heterocycles. The number of hydrogen-bond acceptors (Lipinski definition) is 4. The molecule has 108 valence electrons. The number of H-pyrrole nitrogens is 1. The molecule has 1 amide bonds. The topological polar surface area (TPSA) is 88.5 Å². The first-order valence-corrected chi connectivity index (χ1v) is 6.72. The lowest BCUT2D eigenvalue weighted by molar-refractivity contribution is -0.122. The molecular formula is C14H16N6O. The molecule has 7 nitrogen and oxygen atoms in total. The van der Waals surface area contributed by atoms with Crippen LogP contribution in [0.4, 0.5) is 0 Å². The maximum Gasteiger partial charge on any atom is 0.244 e. The fraction of sp³-hybridized carbons (Fsp3) is 0.286. The molecule has 0 bridgehead atoms. The van der Waals surface area contributed by atoms with Crippen molar-refractivity contribution in [1.82, 2.24) is 30.3 Å². The molecule has 0 aliphatic rings. The molecule has 7 heteroatoms. The zero-order valence-corrected chi connectivity index (χ0v) is 11.9. The Hall–Kier alpha value is -2.70. The third kappa shape index (κ3) is 2.91. The molecule has 0 unspecified atom stereocenters. The Bertz CT molecular complexity index is 741. The molecule has 0 aliphatic heterocycles. The highest BCUT2D eigenvalue weighted by molar-refractivity contribution is 5.77. The number of rotatable bonds is 4. The van der Waals surface area contributed by atoms with E-state index in [9.17, 15) is 4.79 Å². The Morgan fingerprint density at radius 2 is 2.00 bits per heavy atom. The normalized spacial score (nSPS) is 12.5. The number of nitrogens with one attached hydrogen (secondary N) is 2. The van der Waals surface area contributed by atoms with E-state index in [1.54, 1.807) is 6.20 Å². The molecule has 2 aromatic heterocycles. The Kier molecular flexibility index (Phi) is 3.39. The van der Waals surface area contributed by atoms with Crippen LogP contribution in [0, 0.1) is 6.92 Å². The zero-order valence-electron chi connectivity index (χ0n) is 11.9. The lowest BCUT2D eigenvalue weighted by Gasteiger charge is -2.10. The van der Waals surface area contributed by atoms with Crippen LogP contribution in [-0.2, 0) is 11.3 Å². The number of carbonyl (C=O) groups is 1. The number of fused-ring (bicyclic) bond motifs is 1. The van der Waals surface area contributed by atoms with Gasteiger partial charge in [-0.3, -0.25) is 4.79 Å². The van der Waals surface area contributed by atoms with Gasteiger partial charge in [0, 0.05) is 11.9 Å². The largest absolute Gasteiger partial charge is 0.345 e. The van der Waals surface area contributed by atoms with Gasteiger partial charge in [-0.2, -0.15) is 15.0 Å². The van der Waals surface area contributed by atoms with E-state index in [4.69, 9.17) is 0 Å². The van der Waals surface area contributed by atoms with Gasteiger partial charge in [-0.15, -0.1) is 0 Å². The number of aromatic nitrogens is 5. The Morgan fingerprint density at radius 3 is 2.57 bits per heavy atom. The van der Waals surface area contributed by atoms with Gasteiger partial charge >= 0.3 is 0 Å². The first kappa shape index (κ1) is 13.3. The molecule has 1 atom stereocenters. The van der Waals surface area contributed by atoms with E-state index < -0.39 is 0 Å². The van der Waals surface area contributed by atoms with Crippen LogP contribution in [0.15, 0.2) is 30.5 Å². The van der Waals surface area contributed by atoms with Gasteiger partial charge in [0.2, 0.25) is 5.91 Å². The molecule has 0 saturated carbocycles. The van der Waals surface area contributed by atoms with Gasteiger partial charge in [-0.25, -0.2) is 4.98 Å². The van der Waals surface area contributed by atoms with Gasteiger partial charge in [0.1, 0.15) is 23.4 Å². The summed E-state index contributed by atoms with van der Waals surface area (Å²) in [5.41, 5.74) is 2.52. The summed E-state index contributed by atoms with van der Waals surface area (Å²) < 4.78 is 0. The predicted octanol–water partition coefficient (Wildman–Crippen LogP) is 1.34. The smallest absolute Gasteiger partial charge is 0.244 e. The minimum atomic E-state index is -0.184. The van der Waals surface area contributed by atoms with Gasteiger partial charge in [0.25, 0.3) is 0 Å². The standard InChI is InChI=1S/C14H16N6O/c1-9-7-15-14(16-9)10(2)17-13(21)8-20-18-11-5-3-4-6-12(11)19-20/h3-7,10H,8H2,1-2H3,(H,15,16)(H,17,21)/t10-/m0/s1. The van der Waals surface area contributed by atoms with Gasteiger partial charge in [0.05, 0.1) is 6.04 Å². The van der Waals surface area contributed by atoms with Crippen LogP contribution in [0.2, 0.25) is 0 Å². The molecular weight excluding hydrogens is 268 g/mol. The molecule has 3 aromatic rings. The van der Waals surface area contributed by atoms with Crippen LogP contribution in [0.5, 0.6) is 0 Å². The van der Waals surface area contributed by atoms with E-state index in [-0.39, 0.29) is 18.5 Å². The van der Waals surface area contributed by atoms with Crippen molar-refractivity contribution in [2.45, 2.75) is 26.4 Å². The number of carbonyl (C=O) groups excluding carboxylic acids is 1. The molecule has 2 N–H and O–H groups in total. The van der Waals surface area contributed by atoms with Crippen molar-refractivity contribution >= 4 is 16.9 Å². The molecule has 0 aliphatic carbocycles. The quantitative estimate of drug-likeness (QED) is 0.756. The average molecular weight is 284 g/mol. The second-order valence-corrected chi connectivity index (χ2v) is 4.96. The fourth-order valence-corrected chi connectivity index (χ4v) is 2.11. The zero-order chi connectivity index (χ0) is 14.8. The summed E-state index contributed by atoms with van der Waals surface area (Å²) in [4.78, 5) is 20.7. The van der Waals surface area contributed by atoms with Gasteiger partial charge in [-0.05, 0) is 26.0 Å². The second-order valence-electron chi connectivity index (χ2n) is 4.96. The maximum atomic E-state index is 12.0.